The van der Waals surface area contributed by atoms with Crippen molar-refractivity contribution in [2.45, 2.75) is 19.4 Å². The Hall–Kier alpha value is -2.36. The van der Waals surface area contributed by atoms with E-state index in [4.69, 9.17) is 11.6 Å². The monoisotopic (exact) mass is 453 g/mol. The molecule has 1 N–H and O–H groups in total. The summed E-state index contributed by atoms with van der Waals surface area (Å²) in [6.07, 6.45) is 1.31. The molecule has 1 atom stereocenters. The zero-order chi connectivity index (χ0) is 21.3. The molecule has 1 aromatic heterocycles. The molecule has 7 nitrogen and oxygen atoms in total. The van der Waals surface area contributed by atoms with Gasteiger partial charge in [0.05, 0.1) is 22.2 Å². The first kappa shape index (κ1) is 21.4. The number of rotatable bonds is 6. The molecule has 29 heavy (non-hydrogen) atoms. The lowest BCUT2D eigenvalue weighted by Gasteiger charge is -2.30. The second-order valence-corrected chi connectivity index (χ2v) is 9.85. The molecule has 2 aromatic carbocycles. The van der Waals surface area contributed by atoms with E-state index in [9.17, 15) is 18.0 Å². The van der Waals surface area contributed by atoms with Crippen LogP contribution in [0.1, 0.15) is 13.3 Å². The molecule has 0 aliphatic heterocycles. The minimum absolute atomic E-state index is 0.0980. The number of benzene rings is 2. The van der Waals surface area contributed by atoms with Gasteiger partial charge in [0.15, 0.2) is 0 Å². The van der Waals surface area contributed by atoms with Gasteiger partial charge in [0.2, 0.25) is 15.9 Å². The summed E-state index contributed by atoms with van der Waals surface area (Å²) in [6.45, 7) is 1.74. The molecule has 0 aliphatic carbocycles. The van der Waals surface area contributed by atoms with Gasteiger partial charge in [-0.25, -0.2) is 8.42 Å². The van der Waals surface area contributed by atoms with E-state index in [1.807, 2.05) is 0 Å². The molecule has 0 bridgehead atoms. The van der Waals surface area contributed by atoms with Crippen LogP contribution in [0.4, 0.5) is 11.4 Å². The van der Waals surface area contributed by atoms with E-state index in [1.165, 1.54) is 10.6 Å². The second-order valence-electron chi connectivity index (χ2n) is 6.56. The Balaban J connectivity index is 1.95. The number of sulfonamides is 1. The third-order valence-corrected chi connectivity index (χ3v) is 6.86. The first-order chi connectivity index (χ1) is 13.6. The summed E-state index contributed by atoms with van der Waals surface area (Å²) in [7, 11) is -2.07. The molecule has 0 saturated heterocycles. The average molecular weight is 454 g/mol. The van der Waals surface area contributed by atoms with Gasteiger partial charge in [-0.15, -0.1) is 0 Å². The summed E-state index contributed by atoms with van der Waals surface area (Å²) < 4.78 is 28.3. The molecule has 0 saturated carbocycles. The van der Waals surface area contributed by atoms with Gasteiger partial charge in [-0.2, -0.15) is 0 Å². The number of amides is 1. The number of hydrogen-bond acceptors (Lipinski definition) is 5. The fourth-order valence-corrected chi connectivity index (χ4v) is 5.42. The van der Waals surface area contributed by atoms with Crippen molar-refractivity contribution in [3.8, 4) is 0 Å². The highest BCUT2D eigenvalue weighted by Gasteiger charge is 2.31. The Labute approximate surface area is 177 Å². The third kappa shape index (κ3) is 4.47. The van der Waals surface area contributed by atoms with Gasteiger partial charge in [-0.05, 0) is 42.8 Å². The van der Waals surface area contributed by atoms with Gasteiger partial charge < -0.3 is 9.88 Å². The Morgan fingerprint density at radius 2 is 2.00 bits per heavy atom. The molecule has 0 radical (unpaired) electrons. The Morgan fingerprint density at radius 1 is 1.28 bits per heavy atom. The normalized spacial score (nSPS) is 12.7. The minimum Gasteiger partial charge on any atom is -0.324 e. The molecule has 154 valence electrons. The first-order valence-electron chi connectivity index (χ1n) is 8.77. The predicted octanol–water partition coefficient (Wildman–Crippen LogP) is 3.44. The van der Waals surface area contributed by atoms with E-state index < -0.39 is 22.0 Å². The zero-order valence-corrected chi connectivity index (χ0v) is 18.4. The molecule has 0 aliphatic rings. The van der Waals surface area contributed by atoms with Crippen molar-refractivity contribution < 1.29 is 13.2 Å². The Morgan fingerprint density at radius 3 is 2.62 bits per heavy atom. The number of halogens is 1. The van der Waals surface area contributed by atoms with Crippen molar-refractivity contribution in [2.24, 2.45) is 7.05 Å². The van der Waals surface area contributed by atoms with Crippen LogP contribution in [0.5, 0.6) is 0 Å². The van der Waals surface area contributed by atoms with Gasteiger partial charge in [0.25, 0.3) is 0 Å². The van der Waals surface area contributed by atoms with Crippen molar-refractivity contribution in [1.82, 2.24) is 4.57 Å². The van der Waals surface area contributed by atoms with Crippen molar-refractivity contribution in [1.29, 1.82) is 0 Å². The predicted molar refractivity (Wildman–Crippen MR) is 119 cm³/mol. The highest BCUT2D eigenvalue weighted by molar-refractivity contribution is 7.92. The number of aryl methyl sites for hydroxylation is 1. The summed E-state index contributed by atoms with van der Waals surface area (Å²) in [5, 5.41) is 3.14. The molecule has 3 aromatic rings. The fourth-order valence-electron chi connectivity index (χ4n) is 3.11. The van der Waals surface area contributed by atoms with Gasteiger partial charge >= 0.3 is 4.87 Å². The van der Waals surface area contributed by atoms with Gasteiger partial charge in [0.1, 0.15) is 6.04 Å². The van der Waals surface area contributed by atoms with E-state index in [0.29, 0.717) is 16.4 Å². The number of fused-ring (bicyclic) bond motifs is 1. The third-order valence-electron chi connectivity index (χ3n) is 4.45. The molecule has 3 rings (SSSR count). The minimum atomic E-state index is -3.75. The number of thiazole rings is 1. The smallest absolute Gasteiger partial charge is 0.307 e. The van der Waals surface area contributed by atoms with Crippen LogP contribution < -0.4 is 14.5 Å². The SMILES string of the molecule is CC[C@H](C(=O)Nc1ccc2c(c1)sc(=O)n2C)N(c1cccc(Cl)c1)S(C)(=O)=O. The average Bonchev–Trinajstić information content (AvgIpc) is 2.91. The highest BCUT2D eigenvalue weighted by Crippen LogP contribution is 2.27. The summed E-state index contributed by atoms with van der Waals surface area (Å²) in [4.78, 5) is 24.7. The molecule has 0 fully saturated rings. The highest BCUT2D eigenvalue weighted by atomic mass is 35.5. The van der Waals surface area contributed by atoms with Crippen LogP contribution in [-0.4, -0.2) is 31.2 Å². The maximum Gasteiger partial charge on any atom is 0.307 e. The summed E-state index contributed by atoms with van der Waals surface area (Å²) in [5.41, 5.74) is 1.57. The summed E-state index contributed by atoms with van der Waals surface area (Å²) in [6, 6.07) is 10.5. The number of nitrogens with one attached hydrogen (secondary N) is 1. The van der Waals surface area contributed by atoms with E-state index in [-0.39, 0.29) is 11.3 Å². The lowest BCUT2D eigenvalue weighted by molar-refractivity contribution is -0.117. The van der Waals surface area contributed by atoms with Crippen molar-refractivity contribution in [3.05, 3.63) is 57.2 Å². The van der Waals surface area contributed by atoms with Crippen LogP contribution in [-0.2, 0) is 21.9 Å². The Bertz CT molecular complexity index is 1230. The molecule has 0 unspecified atom stereocenters. The molecule has 0 spiro atoms. The maximum absolute atomic E-state index is 13.0. The lowest BCUT2D eigenvalue weighted by Crippen LogP contribution is -2.47. The number of carbonyl (C=O) groups is 1. The topological polar surface area (TPSA) is 88.5 Å². The van der Waals surface area contributed by atoms with Gasteiger partial charge in [-0.3, -0.25) is 13.9 Å². The van der Waals surface area contributed by atoms with Crippen molar-refractivity contribution >= 4 is 60.5 Å². The van der Waals surface area contributed by atoms with Crippen molar-refractivity contribution in [3.63, 3.8) is 0 Å². The quantitative estimate of drug-likeness (QED) is 0.619. The van der Waals surface area contributed by atoms with E-state index in [2.05, 4.69) is 5.32 Å². The van der Waals surface area contributed by atoms with Gasteiger partial charge in [0, 0.05) is 17.8 Å². The van der Waals surface area contributed by atoms with Crippen LogP contribution in [0.25, 0.3) is 10.2 Å². The van der Waals surface area contributed by atoms with Crippen LogP contribution in [0.3, 0.4) is 0 Å². The lowest BCUT2D eigenvalue weighted by atomic mass is 10.1. The Kier molecular flexibility index (Phi) is 6.02. The number of carbonyl (C=O) groups excluding carboxylic acids is 1. The second kappa shape index (κ2) is 8.17. The van der Waals surface area contributed by atoms with Crippen molar-refractivity contribution in [2.75, 3.05) is 15.9 Å². The van der Waals surface area contributed by atoms with Crippen LogP contribution >= 0.6 is 22.9 Å². The molecule has 10 heteroatoms. The number of nitrogens with zero attached hydrogens (tertiary/aromatic N) is 2. The zero-order valence-electron chi connectivity index (χ0n) is 16.0. The van der Waals surface area contributed by atoms with Crippen LogP contribution in [0, 0.1) is 0 Å². The van der Waals surface area contributed by atoms with Gasteiger partial charge in [-0.1, -0.05) is 35.9 Å². The maximum atomic E-state index is 13.0. The number of anilines is 2. The molecule has 1 heterocycles. The van der Waals surface area contributed by atoms with Crippen LogP contribution in [0.15, 0.2) is 47.3 Å². The number of hydrogen-bond donors (Lipinski definition) is 1. The van der Waals surface area contributed by atoms with E-state index >= 15 is 0 Å². The molecular formula is C19H20ClN3O4S2. The first-order valence-corrected chi connectivity index (χ1v) is 11.8. The summed E-state index contributed by atoms with van der Waals surface area (Å²) >= 11 is 7.10. The molecule has 1 amide bonds. The standard InChI is InChI=1S/C19H20ClN3O4S2/c1-4-15(23(29(3,26)27)14-7-5-6-12(20)10-14)18(24)21-13-8-9-16-17(11-13)28-19(25)22(16)2/h5-11,15H,4H2,1-3H3,(H,21,24)/t15-/m1/s1. The van der Waals surface area contributed by atoms with Crippen LogP contribution in [0.2, 0.25) is 5.02 Å². The van der Waals surface area contributed by atoms with E-state index in [0.717, 1.165) is 32.1 Å². The van der Waals surface area contributed by atoms with E-state index in [1.54, 1.807) is 50.4 Å². The largest absolute Gasteiger partial charge is 0.324 e. The summed E-state index contributed by atoms with van der Waals surface area (Å²) in [5.74, 6) is -0.472. The number of aromatic nitrogens is 1. The molecular weight excluding hydrogens is 434 g/mol. The fraction of sp³-hybridized carbons (Fsp3) is 0.263.